The van der Waals surface area contributed by atoms with Gasteiger partial charge in [0.25, 0.3) is 5.91 Å². The number of benzene rings is 3. The van der Waals surface area contributed by atoms with Crippen LogP contribution in [0, 0.1) is 5.82 Å². The minimum Gasteiger partial charge on any atom is -0.345 e. The molecular weight excluding hydrogens is 504 g/mol. The Morgan fingerprint density at radius 1 is 1.00 bits per heavy atom. The summed E-state index contributed by atoms with van der Waals surface area (Å²) in [5.41, 5.74) is 0.501. The first-order valence-corrected chi connectivity index (χ1v) is 11.6. The van der Waals surface area contributed by atoms with Crippen molar-refractivity contribution in [3.8, 4) is 5.69 Å². The molecule has 1 N–H and O–H groups in total. The first-order chi connectivity index (χ1) is 16.7. The summed E-state index contributed by atoms with van der Waals surface area (Å²) in [5, 5.41) is 11.9. The minimum absolute atomic E-state index is 0.0288. The number of rotatable bonds is 7. The van der Waals surface area contributed by atoms with Crippen molar-refractivity contribution in [1.82, 2.24) is 20.1 Å². The zero-order chi connectivity index (χ0) is 25.0. The van der Waals surface area contributed by atoms with Crippen LogP contribution in [0.2, 0.25) is 5.02 Å². The van der Waals surface area contributed by atoms with Crippen molar-refractivity contribution in [3.63, 3.8) is 0 Å². The van der Waals surface area contributed by atoms with Crippen LogP contribution in [-0.4, -0.2) is 20.7 Å². The van der Waals surface area contributed by atoms with Gasteiger partial charge in [-0.05, 0) is 48.0 Å². The average Bonchev–Trinajstić information content (AvgIpc) is 3.23. The Kier molecular flexibility index (Phi) is 7.42. The number of amides is 1. The highest BCUT2D eigenvalue weighted by Crippen LogP contribution is 2.32. The lowest BCUT2D eigenvalue weighted by Crippen LogP contribution is -2.24. The third kappa shape index (κ3) is 6.20. The van der Waals surface area contributed by atoms with Gasteiger partial charge < -0.3 is 5.32 Å². The van der Waals surface area contributed by atoms with Gasteiger partial charge in [0, 0.05) is 16.3 Å². The molecule has 0 atom stereocenters. The molecule has 0 spiro atoms. The van der Waals surface area contributed by atoms with Crippen molar-refractivity contribution in [1.29, 1.82) is 0 Å². The molecule has 1 aromatic heterocycles. The van der Waals surface area contributed by atoms with E-state index < -0.39 is 23.5 Å². The molecule has 0 bridgehead atoms. The highest BCUT2D eigenvalue weighted by molar-refractivity contribution is 7.98. The molecular formula is C24H17ClF4N4OS. The van der Waals surface area contributed by atoms with Gasteiger partial charge in [-0.25, -0.2) is 4.39 Å². The normalized spacial score (nSPS) is 11.5. The van der Waals surface area contributed by atoms with E-state index in [1.54, 1.807) is 34.9 Å². The molecule has 0 radical (unpaired) electrons. The summed E-state index contributed by atoms with van der Waals surface area (Å²) < 4.78 is 54.3. The van der Waals surface area contributed by atoms with E-state index in [2.05, 4.69) is 15.5 Å². The number of halogens is 5. The van der Waals surface area contributed by atoms with Crippen molar-refractivity contribution in [3.05, 3.63) is 106 Å². The van der Waals surface area contributed by atoms with Gasteiger partial charge in [-0.3, -0.25) is 9.36 Å². The lowest BCUT2D eigenvalue weighted by Gasteiger charge is -2.12. The zero-order valence-corrected chi connectivity index (χ0v) is 19.5. The van der Waals surface area contributed by atoms with Gasteiger partial charge in [0.1, 0.15) is 5.82 Å². The standard InChI is InChI=1S/C24H17ClF4N4OS/c25-18-7-3-9-20(12-18)33-21(13-30-22(34)16-5-2-8-19(26)11-16)31-32-23(33)35-14-15-4-1-6-17(10-15)24(27,28)29/h1-12H,13-14H2,(H,30,34). The van der Waals surface area contributed by atoms with Crippen LogP contribution in [0.4, 0.5) is 17.6 Å². The number of hydrogen-bond acceptors (Lipinski definition) is 4. The highest BCUT2D eigenvalue weighted by atomic mass is 35.5. The van der Waals surface area contributed by atoms with Gasteiger partial charge >= 0.3 is 6.18 Å². The maximum Gasteiger partial charge on any atom is 0.416 e. The van der Waals surface area contributed by atoms with Crippen molar-refractivity contribution in [2.24, 2.45) is 0 Å². The first kappa shape index (κ1) is 24.7. The number of nitrogens with one attached hydrogen (secondary N) is 1. The monoisotopic (exact) mass is 520 g/mol. The van der Waals surface area contributed by atoms with Crippen molar-refractivity contribution >= 4 is 29.3 Å². The summed E-state index contributed by atoms with van der Waals surface area (Å²) in [7, 11) is 0. The number of carbonyl (C=O) groups excluding carboxylic acids is 1. The highest BCUT2D eigenvalue weighted by Gasteiger charge is 2.30. The van der Waals surface area contributed by atoms with Gasteiger partial charge in [0.15, 0.2) is 11.0 Å². The summed E-state index contributed by atoms with van der Waals surface area (Å²) in [5.74, 6) is -0.460. The van der Waals surface area contributed by atoms with E-state index in [-0.39, 0.29) is 17.9 Å². The molecule has 5 nitrogen and oxygen atoms in total. The third-order valence-corrected chi connectivity index (χ3v) is 6.12. The fourth-order valence-electron chi connectivity index (χ4n) is 3.26. The summed E-state index contributed by atoms with van der Waals surface area (Å²) in [6.45, 7) is -0.0288. The Morgan fingerprint density at radius 3 is 2.51 bits per heavy atom. The number of thioether (sulfide) groups is 1. The smallest absolute Gasteiger partial charge is 0.345 e. The molecule has 0 aliphatic rings. The quantitative estimate of drug-likeness (QED) is 0.229. The molecule has 1 amide bonds. The molecule has 0 aliphatic carbocycles. The van der Waals surface area contributed by atoms with Crippen molar-refractivity contribution in [2.45, 2.75) is 23.6 Å². The zero-order valence-electron chi connectivity index (χ0n) is 17.9. The Morgan fingerprint density at radius 2 is 1.77 bits per heavy atom. The van der Waals surface area contributed by atoms with Gasteiger partial charge in [0.2, 0.25) is 0 Å². The minimum atomic E-state index is -4.44. The summed E-state index contributed by atoms with van der Waals surface area (Å²) >= 11 is 7.34. The maximum atomic E-state index is 13.4. The molecule has 11 heteroatoms. The van der Waals surface area contributed by atoms with Crippen LogP contribution in [0.25, 0.3) is 5.69 Å². The second kappa shape index (κ2) is 10.5. The van der Waals surface area contributed by atoms with Gasteiger partial charge in [0.05, 0.1) is 17.8 Å². The number of hydrogen-bond donors (Lipinski definition) is 1. The lowest BCUT2D eigenvalue weighted by atomic mass is 10.1. The summed E-state index contributed by atoms with van der Waals surface area (Å²) in [6.07, 6.45) is -4.44. The molecule has 35 heavy (non-hydrogen) atoms. The van der Waals surface area contributed by atoms with E-state index in [0.717, 1.165) is 18.2 Å². The molecule has 4 rings (SSSR count). The number of aromatic nitrogens is 3. The van der Waals surface area contributed by atoms with E-state index >= 15 is 0 Å². The van der Waals surface area contributed by atoms with Crippen molar-refractivity contribution < 1.29 is 22.4 Å². The van der Waals surface area contributed by atoms with E-state index in [9.17, 15) is 22.4 Å². The third-order valence-electron chi connectivity index (χ3n) is 4.88. The molecule has 3 aromatic carbocycles. The number of carbonyl (C=O) groups is 1. The molecule has 4 aromatic rings. The lowest BCUT2D eigenvalue weighted by molar-refractivity contribution is -0.137. The van der Waals surface area contributed by atoms with Crippen LogP contribution in [0.5, 0.6) is 0 Å². The number of nitrogens with zero attached hydrogens (tertiary/aromatic N) is 3. The predicted molar refractivity (Wildman–Crippen MR) is 125 cm³/mol. The fraction of sp³-hybridized carbons (Fsp3) is 0.125. The largest absolute Gasteiger partial charge is 0.416 e. The molecule has 0 fully saturated rings. The van der Waals surface area contributed by atoms with Gasteiger partial charge in [-0.2, -0.15) is 13.2 Å². The second-order valence-corrected chi connectivity index (χ2v) is 8.77. The molecule has 0 aliphatic heterocycles. The van der Waals surface area contributed by atoms with E-state index in [1.807, 2.05) is 0 Å². The van der Waals surface area contributed by atoms with Gasteiger partial charge in [-0.1, -0.05) is 53.7 Å². The fourth-order valence-corrected chi connectivity index (χ4v) is 4.36. The first-order valence-electron chi connectivity index (χ1n) is 10.2. The maximum absolute atomic E-state index is 13.4. The predicted octanol–water partition coefficient (Wildman–Crippen LogP) is 6.30. The molecule has 1 heterocycles. The summed E-state index contributed by atoms with van der Waals surface area (Å²) in [4.78, 5) is 12.4. The Balaban J connectivity index is 1.58. The Bertz CT molecular complexity index is 1360. The van der Waals surface area contributed by atoms with Crippen molar-refractivity contribution in [2.75, 3.05) is 0 Å². The van der Waals surface area contributed by atoms with E-state index in [4.69, 9.17) is 11.6 Å². The average molecular weight is 521 g/mol. The topological polar surface area (TPSA) is 59.8 Å². The van der Waals surface area contributed by atoms with Crippen LogP contribution in [-0.2, 0) is 18.5 Å². The molecule has 180 valence electrons. The van der Waals surface area contributed by atoms with Crippen LogP contribution >= 0.6 is 23.4 Å². The Hall–Kier alpha value is -3.37. The molecule has 0 unspecified atom stereocenters. The van der Waals surface area contributed by atoms with Crippen LogP contribution in [0.3, 0.4) is 0 Å². The number of alkyl halides is 3. The SMILES string of the molecule is O=C(NCc1nnc(SCc2cccc(C(F)(F)F)c2)n1-c1cccc(Cl)c1)c1cccc(F)c1. The summed E-state index contributed by atoms with van der Waals surface area (Å²) in [6, 6.07) is 17.2. The van der Waals surface area contributed by atoms with Crippen LogP contribution in [0.15, 0.2) is 78.0 Å². The van der Waals surface area contributed by atoms with Gasteiger partial charge in [-0.15, -0.1) is 10.2 Å². The van der Waals surface area contributed by atoms with E-state index in [0.29, 0.717) is 27.3 Å². The van der Waals surface area contributed by atoms with Crippen LogP contribution in [0.1, 0.15) is 27.3 Å². The molecule has 0 saturated heterocycles. The second-order valence-electron chi connectivity index (χ2n) is 7.39. The van der Waals surface area contributed by atoms with Crippen LogP contribution < -0.4 is 5.32 Å². The molecule has 0 saturated carbocycles. The Labute approximate surface area is 207 Å². The van der Waals surface area contributed by atoms with E-state index in [1.165, 1.54) is 36.0 Å².